The fraction of sp³-hybridized carbons (Fsp3) is 0.333. The van der Waals surface area contributed by atoms with Gasteiger partial charge in [-0.1, -0.05) is 0 Å². The molecule has 1 aromatic rings. The van der Waals surface area contributed by atoms with E-state index >= 15 is 0 Å². The van der Waals surface area contributed by atoms with E-state index in [9.17, 15) is 22.0 Å². The van der Waals surface area contributed by atoms with Crippen molar-refractivity contribution >= 4 is 0 Å². The van der Waals surface area contributed by atoms with Crippen LogP contribution in [0.15, 0.2) is 18.2 Å². The van der Waals surface area contributed by atoms with E-state index < -0.39 is 24.1 Å². The van der Waals surface area contributed by atoms with Gasteiger partial charge in [0.2, 0.25) is 0 Å². The Kier molecular flexibility index (Phi) is 3.69. The molecule has 0 aliphatic carbocycles. The van der Waals surface area contributed by atoms with Crippen LogP contribution in [0.1, 0.15) is 17.6 Å². The predicted molar refractivity (Wildman–Crippen MR) is 46.0 cm³/mol. The maximum absolute atomic E-state index is 12.3. The standard InChI is InChI=1S/C9H8F5NO/c10-8(11)6-1-5(4-15)2-7(3-6)16-9(12,13)14/h1-3,8H,4,15H2. The van der Waals surface area contributed by atoms with Crippen LogP contribution in [0.2, 0.25) is 0 Å². The lowest BCUT2D eigenvalue weighted by atomic mass is 10.1. The molecule has 2 nitrogen and oxygen atoms in total. The van der Waals surface area contributed by atoms with Gasteiger partial charge < -0.3 is 10.5 Å². The second-order valence-electron chi connectivity index (χ2n) is 2.96. The first-order chi connectivity index (χ1) is 7.31. The number of halogens is 5. The molecule has 90 valence electrons. The van der Waals surface area contributed by atoms with Crippen molar-refractivity contribution in [3.63, 3.8) is 0 Å². The molecular formula is C9H8F5NO. The minimum atomic E-state index is -4.91. The second-order valence-corrected chi connectivity index (χ2v) is 2.96. The fourth-order valence-electron chi connectivity index (χ4n) is 1.12. The summed E-state index contributed by atoms with van der Waals surface area (Å²) in [4.78, 5) is 0. The molecule has 1 aromatic carbocycles. The first kappa shape index (κ1) is 12.7. The lowest BCUT2D eigenvalue weighted by Gasteiger charge is -2.11. The summed E-state index contributed by atoms with van der Waals surface area (Å²) in [5, 5.41) is 0. The monoisotopic (exact) mass is 241 g/mol. The van der Waals surface area contributed by atoms with Crippen LogP contribution in [0.25, 0.3) is 0 Å². The number of alkyl halides is 5. The van der Waals surface area contributed by atoms with Crippen molar-refractivity contribution in [2.24, 2.45) is 5.73 Å². The van der Waals surface area contributed by atoms with Gasteiger partial charge in [0, 0.05) is 12.1 Å². The van der Waals surface area contributed by atoms with Crippen molar-refractivity contribution < 1.29 is 26.7 Å². The van der Waals surface area contributed by atoms with Crippen LogP contribution >= 0.6 is 0 Å². The molecule has 7 heteroatoms. The number of rotatable bonds is 3. The summed E-state index contributed by atoms with van der Waals surface area (Å²) in [5.74, 6) is -0.689. The van der Waals surface area contributed by atoms with Gasteiger partial charge in [-0.2, -0.15) is 0 Å². The van der Waals surface area contributed by atoms with Crippen LogP contribution in [0.3, 0.4) is 0 Å². The summed E-state index contributed by atoms with van der Waals surface area (Å²) in [6, 6.07) is 2.64. The summed E-state index contributed by atoms with van der Waals surface area (Å²) in [6.07, 6.45) is -7.78. The fourth-order valence-corrected chi connectivity index (χ4v) is 1.12. The molecular weight excluding hydrogens is 233 g/mol. The highest BCUT2D eigenvalue weighted by atomic mass is 19.4. The van der Waals surface area contributed by atoms with Gasteiger partial charge in [-0.05, 0) is 23.8 Å². The molecule has 0 unspecified atom stereocenters. The van der Waals surface area contributed by atoms with Gasteiger partial charge in [-0.25, -0.2) is 8.78 Å². The Morgan fingerprint density at radius 1 is 1.19 bits per heavy atom. The number of hydrogen-bond acceptors (Lipinski definition) is 2. The van der Waals surface area contributed by atoms with Gasteiger partial charge in [0.1, 0.15) is 5.75 Å². The van der Waals surface area contributed by atoms with E-state index in [4.69, 9.17) is 5.73 Å². The Morgan fingerprint density at radius 3 is 2.25 bits per heavy atom. The summed E-state index contributed by atoms with van der Waals surface area (Å²) in [6.45, 7) is -0.144. The largest absolute Gasteiger partial charge is 0.573 e. The molecule has 0 atom stereocenters. The quantitative estimate of drug-likeness (QED) is 0.825. The molecule has 0 amide bonds. The van der Waals surface area contributed by atoms with Crippen LogP contribution in [0.5, 0.6) is 5.75 Å². The Morgan fingerprint density at radius 2 is 1.81 bits per heavy atom. The van der Waals surface area contributed by atoms with Gasteiger partial charge in [0.15, 0.2) is 0 Å². The summed E-state index contributed by atoms with van der Waals surface area (Å²) < 4.78 is 63.8. The first-order valence-corrected chi connectivity index (χ1v) is 4.19. The molecule has 0 radical (unpaired) electrons. The van der Waals surface area contributed by atoms with E-state index in [1.807, 2.05) is 0 Å². The van der Waals surface area contributed by atoms with Crippen molar-refractivity contribution in [1.29, 1.82) is 0 Å². The lowest BCUT2D eigenvalue weighted by molar-refractivity contribution is -0.274. The topological polar surface area (TPSA) is 35.2 Å². The van der Waals surface area contributed by atoms with Crippen LogP contribution < -0.4 is 10.5 Å². The first-order valence-electron chi connectivity index (χ1n) is 4.19. The minimum absolute atomic E-state index is 0.144. The van der Waals surface area contributed by atoms with E-state index in [0.29, 0.717) is 6.07 Å². The molecule has 0 aromatic heterocycles. The van der Waals surface area contributed by atoms with E-state index in [1.165, 1.54) is 0 Å². The molecule has 0 saturated carbocycles. The van der Waals surface area contributed by atoms with Gasteiger partial charge >= 0.3 is 6.36 Å². The van der Waals surface area contributed by atoms with E-state index in [-0.39, 0.29) is 12.1 Å². The van der Waals surface area contributed by atoms with Gasteiger partial charge in [0.25, 0.3) is 6.43 Å². The Balaban J connectivity index is 3.04. The molecule has 2 N–H and O–H groups in total. The van der Waals surface area contributed by atoms with Crippen molar-refractivity contribution in [3.8, 4) is 5.75 Å². The summed E-state index contributed by atoms with van der Waals surface area (Å²) in [7, 11) is 0. The van der Waals surface area contributed by atoms with Crippen LogP contribution in [-0.2, 0) is 6.54 Å². The number of ether oxygens (including phenoxy) is 1. The minimum Gasteiger partial charge on any atom is -0.406 e. The van der Waals surface area contributed by atoms with E-state index in [0.717, 1.165) is 12.1 Å². The highest BCUT2D eigenvalue weighted by molar-refractivity contribution is 5.35. The number of nitrogens with two attached hydrogens (primary N) is 1. The molecule has 0 spiro atoms. The molecule has 0 saturated heterocycles. The zero-order chi connectivity index (χ0) is 12.3. The maximum Gasteiger partial charge on any atom is 0.573 e. The third kappa shape index (κ3) is 3.65. The molecule has 16 heavy (non-hydrogen) atoms. The van der Waals surface area contributed by atoms with Gasteiger partial charge in [-0.3, -0.25) is 0 Å². The Hall–Kier alpha value is -1.37. The molecule has 0 fully saturated rings. The second kappa shape index (κ2) is 4.65. The van der Waals surface area contributed by atoms with Gasteiger partial charge in [-0.15, -0.1) is 13.2 Å². The van der Waals surface area contributed by atoms with E-state index in [1.54, 1.807) is 0 Å². The smallest absolute Gasteiger partial charge is 0.406 e. The predicted octanol–water partition coefficient (Wildman–Crippen LogP) is 2.98. The highest BCUT2D eigenvalue weighted by Crippen LogP contribution is 2.29. The molecule has 0 bridgehead atoms. The SMILES string of the molecule is NCc1cc(OC(F)(F)F)cc(C(F)F)c1. The average Bonchev–Trinajstić information content (AvgIpc) is 2.14. The molecule has 0 heterocycles. The van der Waals surface area contributed by atoms with Crippen LogP contribution in [-0.4, -0.2) is 6.36 Å². The Bertz CT molecular complexity index is 363. The van der Waals surface area contributed by atoms with Crippen molar-refractivity contribution in [1.82, 2.24) is 0 Å². The zero-order valence-electron chi connectivity index (χ0n) is 7.89. The maximum atomic E-state index is 12.3. The highest BCUT2D eigenvalue weighted by Gasteiger charge is 2.31. The summed E-state index contributed by atoms with van der Waals surface area (Å²) in [5.41, 5.74) is 4.77. The number of benzene rings is 1. The van der Waals surface area contributed by atoms with E-state index in [2.05, 4.69) is 4.74 Å². The number of hydrogen-bond donors (Lipinski definition) is 1. The van der Waals surface area contributed by atoms with Crippen molar-refractivity contribution in [2.75, 3.05) is 0 Å². The normalized spacial score (nSPS) is 11.9. The van der Waals surface area contributed by atoms with Crippen LogP contribution in [0.4, 0.5) is 22.0 Å². The molecule has 1 rings (SSSR count). The van der Waals surface area contributed by atoms with Crippen molar-refractivity contribution in [2.45, 2.75) is 19.3 Å². The van der Waals surface area contributed by atoms with Gasteiger partial charge in [0.05, 0.1) is 0 Å². The lowest BCUT2D eigenvalue weighted by Crippen LogP contribution is -2.17. The Labute approximate surface area is 87.8 Å². The van der Waals surface area contributed by atoms with Crippen molar-refractivity contribution in [3.05, 3.63) is 29.3 Å². The third-order valence-electron chi connectivity index (χ3n) is 1.71. The zero-order valence-corrected chi connectivity index (χ0v) is 7.89. The third-order valence-corrected chi connectivity index (χ3v) is 1.71. The average molecular weight is 241 g/mol. The van der Waals surface area contributed by atoms with Crippen LogP contribution in [0, 0.1) is 0 Å². The summed E-state index contributed by atoms with van der Waals surface area (Å²) >= 11 is 0. The molecule has 0 aliphatic rings. The molecule has 0 aliphatic heterocycles.